The highest BCUT2D eigenvalue weighted by molar-refractivity contribution is 7.86. The summed E-state index contributed by atoms with van der Waals surface area (Å²) >= 11 is 0. The first-order valence-corrected chi connectivity index (χ1v) is 6.84. The normalized spacial score (nSPS) is 15.9. The standard InChI is InChI=1S/C10H12N2O5S/c13-12(14)9-7-8(11-5-1-2-6-11)3-4-10(9)18(15,16)17/h3-4,7H,1-2,5-6H2,(H,15,16,17). The fourth-order valence-electron chi connectivity index (χ4n) is 2.04. The molecule has 1 aromatic rings. The summed E-state index contributed by atoms with van der Waals surface area (Å²) in [6, 6.07) is 3.73. The summed E-state index contributed by atoms with van der Waals surface area (Å²) in [5, 5.41) is 10.8. The lowest BCUT2D eigenvalue weighted by Gasteiger charge is -2.17. The second-order valence-corrected chi connectivity index (χ2v) is 5.47. The maximum atomic E-state index is 11.0. The molecular weight excluding hydrogens is 260 g/mol. The summed E-state index contributed by atoms with van der Waals surface area (Å²) in [6.07, 6.45) is 2.02. The molecule has 18 heavy (non-hydrogen) atoms. The maximum Gasteiger partial charge on any atom is 0.301 e. The van der Waals surface area contributed by atoms with Crippen LogP contribution in [0, 0.1) is 10.1 Å². The molecule has 1 saturated heterocycles. The van der Waals surface area contributed by atoms with Gasteiger partial charge in [0, 0.05) is 24.8 Å². The first-order chi connectivity index (χ1) is 8.39. The molecule has 0 radical (unpaired) electrons. The fraction of sp³-hybridized carbons (Fsp3) is 0.400. The molecule has 0 unspecified atom stereocenters. The predicted octanol–water partition coefficient (Wildman–Crippen LogP) is 1.44. The van der Waals surface area contributed by atoms with Gasteiger partial charge in [0.05, 0.1) is 4.92 Å². The zero-order chi connectivity index (χ0) is 13.3. The highest BCUT2D eigenvalue weighted by atomic mass is 32.2. The molecular formula is C10H12N2O5S. The van der Waals surface area contributed by atoms with Crippen LogP contribution in [0.2, 0.25) is 0 Å². The van der Waals surface area contributed by atoms with Crippen LogP contribution in [0.15, 0.2) is 23.1 Å². The third-order valence-corrected chi connectivity index (χ3v) is 3.79. The minimum atomic E-state index is -4.58. The molecule has 0 saturated carbocycles. The van der Waals surface area contributed by atoms with Crippen LogP contribution < -0.4 is 4.90 Å². The van der Waals surface area contributed by atoms with E-state index in [0.717, 1.165) is 32.0 Å². The Morgan fingerprint density at radius 2 is 1.89 bits per heavy atom. The Hall–Kier alpha value is -1.67. The average molecular weight is 272 g/mol. The first kappa shape index (κ1) is 12.8. The second-order valence-electron chi connectivity index (χ2n) is 4.08. The van der Waals surface area contributed by atoms with Crippen molar-refractivity contribution in [2.24, 2.45) is 0 Å². The minimum absolute atomic E-state index is 0.595. The highest BCUT2D eigenvalue weighted by Gasteiger charge is 2.25. The molecule has 2 rings (SSSR count). The highest BCUT2D eigenvalue weighted by Crippen LogP contribution is 2.30. The molecule has 1 aliphatic heterocycles. The van der Waals surface area contributed by atoms with E-state index in [0.29, 0.717) is 5.69 Å². The van der Waals surface area contributed by atoms with Gasteiger partial charge in [-0.15, -0.1) is 0 Å². The van der Waals surface area contributed by atoms with Gasteiger partial charge in [-0.2, -0.15) is 8.42 Å². The number of benzene rings is 1. The Bertz CT molecular complexity index is 578. The van der Waals surface area contributed by atoms with E-state index >= 15 is 0 Å². The van der Waals surface area contributed by atoms with Crippen molar-refractivity contribution < 1.29 is 17.9 Å². The second kappa shape index (κ2) is 4.54. The summed E-state index contributed by atoms with van der Waals surface area (Å²) in [5.41, 5.74) is 0.00787. The maximum absolute atomic E-state index is 11.0. The van der Waals surface area contributed by atoms with Crippen LogP contribution in [0.25, 0.3) is 0 Å². The number of anilines is 1. The Morgan fingerprint density at radius 1 is 1.28 bits per heavy atom. The smallest absolute Gasteiger partial charge is 0.301 e. The van der Waals surface area contributed by atoms with Crippen LogP contribution in [0.5, 0.6) is 0 Å². The van der Waals surface area contributed by atoms with Crippen molar-refractivity contribution in [1.29, 1.82) is 0 Å². The summed E-state index contributed by atoms with van der Waals surface area (Å²) in [5.74, 6) is 0. The molecule has 1 N–H and O–H groups in total. The van der Waals surface area contributed by atoms with E-state index in [1.807, 2.05) is 4.90 Å². The van der Waals surface area contributed by atoms with Gasteiger partial charge in [0.15, 0.2) is 4.90 Å². The van der Waals surface area contributed by atoms with E-state index in [4.69, 9.17) is 4.55 Å². The van der Waals surface area contributed by atoms with Crippen molar-refractivity contribution in [2.45, 2.75) is 17.7 Å². The SMILES string of the molecule is O=[N+]([O-])c1cc(N2CCCC2)ccc1S(=O)(=O)O. The molecule has 1 aromatic carbocycles. The van der Waals surface area contributed by atoms with E-state index in [1.165, 1.54) is 12.1 Å². The van der Waals surface area contributed by atoms with E-state index in [1.54, 1.807) is 0 Å². The van der Waals surface area contributed by atoms with Gasteiger partial charge in [-0.25, -0.2) is 0 Å². The van der Waals surface area contributed by atoms with Gasteiger partial charge in [0.2, 0.25) is 0 Å². The molecule has 1 fully saturated rings. The average Bonchev–Trinajstić information content (AvgIpc) is 2.80. The van der Waals surface area contributed by atoms with E-state index < -0.39 is 25.6 Å². The Morgan fingerprint density at radius 3 is 2.39 bits per heavy atom. The van der Waals surface area contributed by atoms with Gasteiger partial charge in [-0.05, 0) is 25.0 Å². The predicted molar refractivity (Wildman–Crippen MR) is 64.4 cm³/mol. The molecule has 0 bridgehead atoms. The molecule has 1 heterocycles. The van der Waals surface area contributed by atoms with Crippen molar-refractivity contribution >= 4 is 21.5 Å². The number of nitro benzene ring substituents is 1. The molecule has 0 aromatic heterocycles. The van der Waals surface area contributed by atoms with Crippen molar-refractivity contribution in [2.75, 3.05) is 18.0 Å². The van der Waals surface area contributed by atoms with E-state index in [2.05, 4.69) is 0 Å². The summed E-state index contributed by atoms with van der Waals surface area (Å²) in [6.45, 7) is 1.59. The lowest BCUT2D eigenvalue weighted by molar-refractivity contribution is -0.387. The molecule has 0 atom stereocenters. The monoisotopic (exact) mass is 272 g/mol. The number of nitrogens with zero attached hydrogens (tertiary/aromatic N) is 2. The van der Waals surface area contributed by atoms with Crippen LogP contribution in [0.1, 0.15) is 12.8 Å². The van der Waals surface area contributed by atoms with Crippen LogP contribution in [0.4, 0.5) is 11.4 Å². The zero-order valence-corrected chi connectivity index (χ0v) is 10.3. The third kappa shape index (κ3) is 2.44. The molecule has 0 amide bonds. The van der Waals surface area contributed by atoms with Gasteiger partial charge in [-0.3, -0.25) is 14.7 Å². The molecule has 1 aliphatic rings. The lowest BCUT2D eigenvalue weighted by Crippen LogP contribution is -2.18. The minimum Gasteiger partial charge on any atom is -0.371 e. The molecule has 0 aliphatic carbocycles. The van der Waals surface area contributed by atoms with Crippen LogP contribution in [-0.4, -0.2) is 31.0 Å². The van der Waals surface area contributed by atoms with Crippen LogP contribution in [0.3, 0.4) is 0 Å². The largest absolute Gasteiger partial charge is 0.371 e. The first-order valence-electron chi connectivity index (χ1n) is 5.40. The van der Waals surface area contributed by atoms with Crippen molar-refractivity contribution in [1.82, 2.24) is 0 Å². The zero-order valence-electron chi connectivity index (χ0n) is 9.44. The van der Waals surface area contributed by atoms with Gasteiger partial charge >= 0.3 is 10.1 Å². The summed E-state index contributed by atoms with van der Waals surface area (Å²) < 4.78 is 31.0. The van der Waals surface area contributed by atoms with Crippen LogP contribution in [-0.2, 0) is 10.1 Å². The molecule has 8 heteroatoms. The van der Waals surface area contributed by atoms with Crippen molar-refractivity contribution in [3.63, 3.8) is 0 Å². The van der Waals surface area contributed by atoms with Crippen molar-refractivity contribution in [3.05, 3.63) is 28.3 Å². The van der Waals surface area contributed by atoms with E-state index in [9.17, 15) is 18.5 Å². The van der Waals surface area contributed by atoms with Gasteiger partial charge < -0.3 is 4.90 Å². The van der Waals surface area contributed by atoms with Gasteiger partial charge in [0.1, 0.15) is 0 Å². The third-order valence-electron chi connectivity index (χ3n) is 2.89. The molecule has 0 spiro atoms. The Kier molecular flexibility index (Phi) is 3.22. The lowest BCUT2D eigenvalue weighted by atomic mass is 10.2. The van der Waals surface area contributed by atoms with Crippen molar-refractivity contribution in [3.8, 4) is 0 Å². The fourth-order valence-corrected chi connectivity index (χ4v) is 2.68. The van der Waals surface area contributed by atoms with Crippen LogP contribution >= 0.6 is 0 Å². The quantitative estimate of drug-likeness (QED) is 0.507. The topological polar surface area (TPSA) is 101 Å². The Balaban J connectivity index is 2.50. The van der Waals surface area contributed by atoms with Gasteiger partial charge in [-0.1, -0.05) is 0 Å². The molecule has 98 valence electrons. The van der Waals surface area contributed by atoms with E-state index in [-0.39, 0.29) is 0 Å². The summed E-state index contributed by atoms with van der Waals surface area (Å²) in [4.78, 5) is 11.3. The van der Waals surface area contributed by atoms with Gasteiger partial charge in [0.25, 0.3) is 5.69 Å². The molecule has 7 nitrogen and oxygen atoms in total. The summed E-state index contributed by atoms with van der Waals surface area (Å²) in [7, 11) is -4.58. The number of rotatable bonds is 3. The Labute approximate surface area is 104 Å². The number of hydrogen-bond acceptors (Lipinski definition) is 5. The number of nitro groups is 1. The number of hydrogen-bond donors (Lipinski definition) is 1.